The fourth-order valence-electron chi connectivity index (χ4n) is 2.90. The number of methoxy groups -OCH3 is 1. The average molecular weight is 291 g/mol. The molecular formula is C18H29NO2. The molecule has 118 valence electrons. The van der Waals surface area contributed by atoms with E-state index in [0.29, 0.717) is 5.41 Å². The SMILES string of the molecule is CCCNCC(C)(CCOc1ccccc1OC)C1CC1. The van der Waals surface area contributed by atoms with E-state index in [-0.39, 0.29) is 0 Å². The standard InChI is InChI=1S/C18H29NO2/c1-4-12-19-14-18(2,15-9-10-15)11-13-21-17-8-6-5-7-16(17)20-3/h5-8,15,19H,4,9-14H2,1-3H3. The molecule has 0 bridgehead atoms. The summed E-state index contributed by atoms with van der Waals surface area (Å²) in [5.41, 5.74) is 0.358. The molecule has 3 nitrogen and oxygen atoms in total. The fraction of sp³-hybridized carbons (Fsp3) is 0.667. The second kappa shape index (κ2) is 7.69. The molecule has 1 atom stereocenters. The molecular weight excluding hydrogens is 262 g/mol. The van der Waals surface area contributed by atoms with Crippen LogP contribution in [0.15, 0.2) is 24.3 Å². The van der Waals surface area contributed by atoms with Crippen molar-refractivity contribution >= 4 is 0 Å². The molecule has 0 spiro atoms. The Kier molecular flexibility index (Phi) is 5.92. The maximum Gasteiger partial charge on any atom is 0.161 e. The minimum atomic E-state index is 0.358. The van der Waals surface area contributed by atoms with Crippen LogP contribution in [0.1, 0.15) is 39.5 Å². The zero-order chi connectivity index (χ0) is 15.1. The molecule has 0 amide bonds. The minimum Gasteiger partial charge on any atom is -0.493 e. The van der Waals surface area contributed by atoms with Crippen LogP contribution in [-0.4, -0.2) is 26.8 Å². The van der Waals surface area contributed by atoms with Crippen LogP contribution in [0.25, 0.3) is 0 Å². The normalized spacial score (nSPS) is 17.3. The van der Waals surface area contributed by atoms with Gasteiger partial charge < -0.3 is 14.8 Å². The van der Waals surface area contributed by atoms with Gasteiger partial charge in [0.15, 0.2) is 11.5 Å². The highest BCUT2D eigenvalue weighted by Crippen LogP contribution is 2.47. The van der Waals surface area contributed by atoms with Gasteiger partial charge in [0, 0.05) is 6.54 Å². The molecule has 1 saturated carbocycles. The summed E-state index contributed by atoms with van der Waals surface area (Å²) in [5, 5.41) is 3.59. The van der Waals surface area contributed by atoms with Gasteiger partial charge in [-0.3, -0.25) is 0 Å². The van der Waals surface area contributed by atoms with E-state index in [4.69, 9.17) is 9.47 Å². The summed E-state index contributed by atoms with van der Waals surface area (Å²) in [6.45, 7) is 7.57. The third-order valence-electron chi connectivity index (χ3n) is 4.52. The van der Waals surface area contributed by atoms with Crippen molar-refractivity contribution in [2.24, 2.45) is 11.3 Å². The van der Waals surface area contributed by atoms with Crippen LogP contribution < -0.4 is 14.8 Å². The Morgan fingerprint density at radius 2 is 1.95 bits per heavy atom. The quantitative estimate of drug-likeness (QED) is 0.664. The van der Waals surface area contributed by atoms with Crippen LogP contribution >= 0.6 is 0 Å². The number of benzene rings is 1. The molecule has 21 heavy (non-hydrogen) atoms. The Morgan fingerprint density at radius 1 is 1.24 bits per heavy atom. The maximum absolute atomic E-state index is 5.96. The molecule has 0 heterocycles. The van der Waals surface area contributed by atoms with Crippen molar-refractivity contribution in [3.05, 3.63) is 24.3 Å². The van der Waals surface area contributed by atoms with Crippen LogP contribution in [-0.2, 0) is 0 Å². The molecule has 0 aliphatic heterocycles. The van der Waals surface area contributed by atoms with Crippen molar-refractivity contribution in [2.75, 3.05) is 26.8 Å². The number of nitrogens with one attached hydrogen (secondary N) is 1. The first kappa shape index (κ1) is 16.2. The molecule has 2 rings (SSSR count). The van der Waals surface area contributed by atoms with Crippen molar-refractivity contribution in [1.29, 1.82) is 0 Å². The molecule has 1 aliphatic rings. The molecule has 1 unspecified atom stereocenters. The van der Waals surface area contributed by atoms with Gasteiger partial charge >= 0.3 is 0 Å². The fourth-order valence-corrected chi connectivity index (χ4v) is 2.90. The van der Waals surface area contributed by atoms with Gasteiger partial charge in [-0.2, -0.15) is 0 Å². The van der Waals surface area contributed by atoms with Gasteiger partial charge in [0.25, 0.3) is 0 Å². The third-order valence-corrected chi connectivity index (χ3v) is 4.52. The van der Waals surface area contributed by atoms with Gasteiger partial charge in [-0.05, 0) is 55.7 Å². The van der Waals surface area contributed by atoms with E-state index >= 15 is 0 Å². The smallest absolute Gasteiger partial charge is 0.161 e. The Balaban J connectivity index is 1.84. The Labute approximate surface area is 129 Å². The molecule has 1 fully saturated rings. The van der Waals surface area contributed by atoms with Crippen LogP contribution in [0.5, 0.6) is 11.5 Å². The number of rotatable bonds is 10. The van der Waals surface area contributed by atoms with Crippen LogP contribution in [0.3, 0.4) is 0 Å². The maximum atomic E-state index is 5.96. The summed E-state index contributed by atoms with van der Waals surface area (Å²) >= 11 is 0. The second-order valence-corrected chi connectivity index (χ2v) is 6.35. The highest BCUT2D eigenvalue weighted by Gasteiger charge is 2.40. The van der Waals surface area contributed by atoms with Crippen molar-refractivity contribution in [3.63, 3.8) is 0 Å². The number of hydrogen-bond acceptors (Lipinski definition) is 3. The van der Waals surface area contributed by atoms with Crippen molar-refractivity contribution in [2.45, 2.75) is 39.5 Å². The van der Waals surface area contributed by atoms with Gasteiger partial charge in [0.2, 0.25) is 0 Å². The highest BCUT2D eigenvalue weighted by molar-refractivity contribution is 5.39. The minimum absolute atomic E-state index is 0.358. The van der Waals surface area contributed by atoms with Crippen LogP contribution in [0.2, 0.25) is 0 Å². The largest absolute Gasteiger partial charge is 0.493 e. The lowest BCUT2D eigenvalue weighted by molar-refractivity contribution is 0.177. The van der Waals surface area contributed by atoms with Crippen LogP contribution in [0.4, 0.5) is 0 Å². The summed E-state index contributed by atoms with van der Waals surface area (Å²) in [6, 6.07) is 7.87. The first-order valence-corrected chi connectivity index (χ1v) is 8.16. The first-order chi connectivity index (χ1) is 10.2. The first-order valence-electron chi connectivity index (χ1n) is 8.16. The van der Waals surface area contributed by atoms with Gasteiger partial charge in [0.05, 0.1) is 13.7 Å². The monoisotopic (exact) mass is 291 g/mol. The summed E-state index contributed by atoms with van der Waals surface area (Å²) in [6.07, 6.45) is 5.03. The Bertz CT molecular complexity index is 431. The molecule has 1 aromatic carbocycles. The molecule has 3 heteroatoms. The van der Waals surface area contributed by atoms with Gasteiger partial charge in [-0.25, -0.2) is 0 Å². The average Bonchev–Trinajstić information content (AvgIpc) is 3.33. The molecule has 0 saturated heterocycles. The second-order valence-electron chi connectivity index (χ2n) is 6.35. The zero-order valence-corrected chi connectivity index (χ0v) is 13.7. The van der Waals surface area contributed by atoms with Crippen LogP contribution in [0, 0.1) is 11.3 Å². The van der Waals surface area contributed by atoms with E-state index in [1.807, 2.05) is 24.3 Å². The molecule has 0 aromatic heterocycles. The van der Waals surface area contributed by atoms with Gasteiger partial charge in [-0.1, -0.05) is 26.0 Å². The number of ether oxygens (including phenoxy) is 2. The highest BCUT2D eigenvalue weighted by atomic mass is 16.5. The van der Waals surface area contributed by atoms with E-state index < -0.39 is 0 Å². The predicted molar refractivity (Wildman–Crippen MR) is 87.1 cm³/mol. The molecule has 1 N–H and O–H groups in total. The van der Waals surface area contributed by atoms with E-state index in [2.05, 4.69) is 19.2 Å². The lowest BCUT2D eigenvalue weighted by Gasteiger charge is -2.30. The lowest BCUT2D eigenvalue weighted by Crippen LogP contribution is -2.35. The van der Waals surface area contributed by atoms with Gasteiger partial charge in [-0.15, -0.1) is 0 Å². The van der Waals surface area contributed by atoms with Crippen molar-refractivity contribution in [1.82, 2.24) is 5.32 Å². The van der Waals surface area contributed by atoms with Crippen molar-refractivity contribution < 1.29 is 9.47 Å². The van der Waals surface area contributed by atoms with E-state index in [9.17, 15) is 0 Å². The molecule has 1 aromatic rings. The lowest BCUT2D eigenvalue weighted by atomic mass is 9.81. The van der Waals surface area contributed by atoms with Gasteiger partial charge in [0.1, 0.15) is 0 Å². The summed E-state index contributed by atoms with van der Waals surface area (Å²) in [5.74, 6) is 2.53. The summed E-state index contributed by atoms with van der Waals surface area (Å²) in [7, 11) is 1.69. The topological polar surface area (TPSA) is 30.5 Å². The summed E-state index contributed by atoms with van der Waals surface area (Å²) < 4.78 is 11.3. The number of para-hydroxylation sites is 2. The third kappa shape index (κ3) is 4.63. The molecule has 1 aliphatic carbocycles. The Hall–Kier alpha value is -1.22. The Morgan fingerprint density at radius 3 is 2.57 bits per heavy atom. The van der Waals surface area contributed by atoms with Crippen molar-refractivity contribution in [3.8, 4) is 11.5 Å². The predicted octanol–water partition coefficient (Wildman–Crippen LogP) is 3.88. The van der Waals surface area contributed by atoms with E-state index in [0.717, 1.165) is 43.5 Å². The van der Waals surface area contributed by atoms with E-state index in [1.54, 1.807) is 7.11 Å². The molecule has 0 radical (unpaired) electrons. The summed E-state index contributed by atoms with van der Waals surface area (Å²) in [4.78, 5) is 0. The van der Waals surface area contributed by atoms with E-state index in [1.165, 1.54) is 19.3 Å². The zero-order valence-electron chi connectivity index (χ0n) is 13.7. The number of hydrogen-bond donors (Lipinski definition) is 1.